The highest BCUT2D eigenvalue weighted by molar-refractivity contribution is 5.74. The van der Waals surface area contributed by atoms with E-state index in [2.05, 4.69) is 4.90 Å². The molecule has 1 fully saturated rings. The number of aliphatic carboxylic acids is 1. The standard InChI is InChI=1S/C12H24N2O2/c1-12(2,11(15)16)10-5-3-7-14(9-10)8-4-6-13/h10H,3-9,13H2,1-2H3,(H,15,16). The van der Waals surface area contributed by atoms with Crippen LogP contribution in [0.3, 0.4) is 0 Å². The number of likely N-dealkylation sites (tertiary alicyclic amines) is 1. The summed E-state index contributed by atoms with van der Waals surface area (Å²) in [5.74, 6) is -0.422. The van der Waals surface area contributed by atoms with Gasteiger partial charge in [0.05, 0.1) is 5.41 Å². The van der Waals surface area contributed by atoms with Gasteiger partial charge in [-0.15, -0.1) is 0 Å². The van der Waals surface area contributed by atoms with Crippen molar-refractivity contribution in [1.82, 2.24) is 4.90 Å². The Morgan fingerprint density at radius 3 is 2.81 bits per heavy atom. The molecule has 0 aliphatic carbocycles. The summed E-state index contributed by atoms with van der Waals surface area (Å²) in [5.41, 5.74) is 4.88. The van der Waals surface area contributed by atoms with Crippen LogP contribution >= 0.6 is 0 Å². The number of hydrogen-bond acceptors (Lipinski definition) is 3. The molecular formula is C12H24N2O2. The molecule has 3 N–H and O–H groups in total. The summed E-state index contributed by atoms with van der Waals surface area (Å²) in [6.45, 7) is 7.39. The van der Waals surface area contributed by atoms with E-state index in [1.54, 1.807) is 0 Å². The van der Waals surface area contributed by atoms with Crippen molar-refractivity contribution in [3.8, 4) is 0 Å². The lowest BCUT2D eigenvalue weighted by atomic mass is 9.74. The number of nitrogens with two attached hydrogens (primary N) is 1. The van der Waals surface area contributed by atoms with Gasteiger partial charge in [-0.3, -0.25) is 4.79 Å². The van der Waals surface area contributed by atoms with Crippen molar-refractivity contribution in [3.63, 3.8) is 0 Å². The smallest absolute Gasteiger partial charge is 0.309 e. The number of piperidine rings is 1. The van der Waals surface area contributed by atoms with Gasteiger partial charge in [0.25, 0.3) is 0 Å². The Hall–Kier alpha value is -0.610. The Labute approximate surface area is 97.8 Å². The number of hydrogen-bond donors (Lipinski definition) is 2. The van der Waals surface area contributed by atoms with E-state index in [0.717, 1.165) is 38.9 Å². The second kappa shape index (κ2) is 5.64. The maximum atomic E-state index is 11.2. The monoisotopic (exact) mass is 228 g/mol. The van der Waals surface area contributed by atoms with E-state index in [9.17, 15) is 9.90 Å². The van der Waals surface area contributed by atoms with Crippen LogP contribution in [0.4, 0.5) is 0 Å². The Morgan fingerprint density at radius 1 is 1.56 bits per heavy atom. The molecule has 16 heavy (non-hydrogen) atoms. The van der Waals surface area contributed by atoms with Crippen LogP contribution < -0.4 is 5.73 Å². The molecule has 0 spiro atoms. The lowest BCUT2D eigenvalue weighted by molar-refractivity contribution is -0.151. The normalized spacial score (nSPS) is 23.3. The number of carboxylic acids is 1. The van der Waals surface area contributed by atoms with Gasteiger partial charge in [0, 0.05) is 6.54 Å². The van der Waals surface area contributed by atoms with Crippen LogP contribution in [0.15, 0.2) is 0 Å². The van der Waals surface area contributed by atoms with Crippen molar-refractivity contribution in [2.45, 2.75) is 33.1 Å². The third-order valence-corrected chi connectivity index (χ3v) is 3.76. The van der Waals surface area contributed by atoms with Crippen LogP contribution in [0, 0.1) is 11.3 Å². The lowest BCUT2D eigenvalue weighted by Gasteiger charge is -2.39. The molecule has 0 bridgehead atoms. The quantitative estimate of drug-likeness (QED) is 0.741. The summed E-state index contributed by atoms with van der Waals surface area (Å²) in [4.78, 5) is 13.6. The van der Waals surface area contributed by atoms with E-state index in [1.165, 1.54) is 0 Å². The van der Waals surface area contributed by atoms with E-state index in [1.807, 2.05) is 13.8 Å². The summed E-state index contributed by atoms with van der Waals surface area (Å²) in [6, 6.07) is 0. The van der Waals surface area contributed by atoms with Gasteiger partial charge < -0.3 is 15.7 Å². The van der Waals surface area contributed by atoms with Crippen LogP contribution in [0.25, 0.3) is 0 Å². The minimum atomic E-state index is -0.682. The Bertz CT molecular complexity index is 241. The van der Waals surface area contributed by atoms with E-state index in [-0.39, 0.29) is 5.92 Å². The topological polar surface area (TPSA) is 66.6 Å². The zero-order chi connectivity index (χ0) is 12.2. The highest BCUT2D eigenvalue weighted by Crippen LogP contribution is 2.34. The molecule has 1 saturated heterocycles. The molecule has 4 nitrogen and oxygen atoms in total. The molecule has 94 valence electrons. The van der Waals surface area contributed by atoms with Crippen molar-refractivity contribution in [2.24, 2.45) is 17.1 Å². The first kappa shape index (κ1) is 13.5. The molecule has 0 saturated carbocycles. The molecule has 1 unspecified atom stereocenters. The number of nitrogens with zero attached hydrogens (tertiary/aromatic N) is 1. The van der Waals surface area contributed by atoms with Gasteiger partial charge in [-0.25, -0.2) is 0 Å². The summed E-state index contributed by atoms with van der Waals surface area (Å²) in [6.07, 6.45) is 3.13. The Kier molecular flexibility index (Phi) is 4.74. The molecule has 1 aliphatic rings. The second-order valence-corrected chi connectivity index (χ2v) is 5.31. The van der Waals surface area contributed by atoms with Gasteiger partial charge in [0.15, 0.2) is 0 Å². The van der Waals surface area contributed by atoms with Crippen molar-refractivity contribution in [2.75, 3.05) is 26.2 Å². The van der Waals surface area contributed by atoms with Gasteiger partial charge in [-0.1, -0.05) is 0 Å². The third kappa shape index (κ3) is 3.19. The van der Waals surface area contributed by atoms with Crippen LogP contribution in [-0.4, -0.2) is 42.2 Å². The lowest BCUT2D eigenvalue weighted by Crippen LogP contribution is -2.45. The summed E-state index contributed by atoms with van der Waals surface area (Å²) < 4.78 is 0. The van der Waals surface area contributed by atoms with Crippen LogP contribution in [0.5, 0.6) is 0 Å². The molecule has 0 aromatic carbocycles. The van der Waals surface area contributed by atoms with Crippen molar-refractivity contribution in [1.29, 1.82) is 0 Å². The van der Waals surface area contributed by atoms with Gasteiger partial charge in [0.2, 0.25) is 0 Å². The first-order valence-electron chi connectivity index (χ1n) is 6.14. The van der Waals surface area contributed by atoms with Gasteiger partial charge in [0.1, 0.15) is 0 Å². The highest BCUT2D eigenvalue weighted by atomic mass is 16.4. The zero-order valence-electron chi connectivity index (χ0n) is 10.4. The molecule has 0 aromatic heterocycles. The first-order valence-corrected chi connectivity index (χ1v) is 6.14. The fourth-order valence-electron chi connectivity index (χ4n) is 2.34. The fourth-order valence-corrected chi connectivity index (χ4v) is 2.34. The average molecular weight is 228 g/mol. The van der Waals surface area contributed by atoms with Crippen molar-refractivity contribution >= 4 is 5.97 Å². The second-order valence-electron chi connectivity index (χ2n) is 5.31. The number of carboxylic acid groups (broad SMARTS) is 1. The molecule has 1 aliphatic heterocycles. The van der Waals surface area contributed by atoms with Gasteiger partial charge in [-0.05, 0) is 58.7 Å². The van der Waals surface area contributed by atoms with Crippen LogP contribution in [0.2, 0.25) is 0 Å². The molecule has 0 aromatic rings. The summed E-state index contributed by atoms with van der Waals surface area (Å²) in [7, 11) is 0. The summed E-state index contributed by atoms with van der Waals surface area (Å²) >= 11 is 0. The SMILES string of the molecule is CC(C)(C(=O)O)C1CCCN(CCCN)C1. The molecule has 0 amide bonds. The Balaban J connectivity index is 2.53. The van der Waals surface area contributed by atoms with Gasteiger partial charge in [-0.2, -0.15) is 0 Å². The molecule has 4 heteroatoms. The van der Waals surface area contributed by atoms with Crippen LogP contribution in [0.1, 0.15) is 33.1 Å². The van der Waals surface area contributed by atoms with Gasteiger partial charge >= 0.3 is 5.97 Å². The third-order valence-electron chi connectivity index (χ3n) is 3.76. The maximum absolute atomic E-state index is 11.2. The minimum Gasteiger partial charge on any atom is -0.481 e. The van der Waals surface area contributed by atoms with E-state index >= 15 is 0 Å². The van der Waals surface area contributed by atoms with E-state index < -0.39 is 11.4 Å². The average Bonchev–Trinajstić information content (AvgIpc) is 2.26. The largest absolute Gasteiger partial charge is 0.481 e. The molecule has 1 rings (SSSR count). The van der Waals surface area contributed by atoms with E-state index in [0.29, 0.717) is 6.54 Å². The Morgan fingerprint density at radius 2 is 2.25 bits per heavy atom. The predicted molar refractivity (Wildman–Crippen MR) is 64.3 cm³/mol. The minimum absolute atomic E-state index is 0.261. The molecular weight excluding hydrogens is 204 g/mol. The summed E-state index contributed by atoms with van der Waals surface area (Å²) in [5, 5.41) is 9.22. The predicted octanol–water partition coefficient (Wildman–Crippen LogP) is 1.16. The molecule has 1 heterocycles. The van der Waals surface area contributed by atoms with Crippen LogP contribution in [-0.2, 0) is 4.79 Å². The van der Waals surface area contributed by atoms with Crippen molar-refractivity contribution < 1.29 is 9.90 Å². The number of rotatable bonds is 5. The molecule has 1 atom stereocenters. The van der Waals surface area contributed by atoms with E-state index in [4.69, 9.17) is 5.73 Å². The highest BCUT2D eigenvalue weighted by Gasteiger charge is 2.38. The molecule has 0 radical (unpaired) electrons. The maximum Gasteiger partial charge on any atom is 0.309 e. The van der Waals surface area contributed by atoms with Crippen molar-refractivity contribution in [3.05, 3.63) is 0 Å². The first-order chi connectivity index (χ1) is 7.48. The fraction of sp³-hybridized carbons (Fsp3) is 0.917. The zero-order valence-corrected chi connectivity index (χ0v) is 10.4. The number of carbonyl (C=O) groups is 1.